The highest BCUT2D eigenvalue weighted by Gasteiger charge is 2.09. The highest BCUT2D eigenvalue weighted by Crippen LogP contribution is 2.30. The first-order chi connectivity index (χ1) is 19.7. The van der Waals surface area contributed by atoms with Crippen molar-refractivity contribution >= 4 is 47.0 Å². The van der Waals surface area contributed by atoms with Gasteiger partial charge >= 0.3 is 0 Å². The van der Waals surface area contributed by atoms with E-state index in [0.29, 0.717) is 74.8 Å². The lowest BCUT2D eigenvalue weighted by Gasteiger charge is -2.08. The minimum atomic E-state index is 0.0443. The van der Waals surface area contributed by atoms with Crippen LogP contribution in [0.15, 0.2) is 84.1 Å². The fourth-order valence-electron chi connectivity index (χ4n) is 3.37. The first kappa shape index (κ1) is 32.6. The number of nitriles is 2. The molecule has 4 bridgehead atoms. The maximum Gasteiger partial charge on any atom is 0.205 e. The SMILES string of the molecule is N#CC(C#N)=C1C=CC2=CC(=C1)SCCOCCOCCSc1ccccc(c1=O)SCCOCCOCCS2. The number of rotatable bonds is 0. The van der Waals surface area contributed by atoms with Crippen molar-refractivity contribution in [2.75, 3.05) is 75.9 Å². The summed E-state index contributed by atoms with van der Waals surface area (Å²) < 4.78 is 22.8. The molecule has 3 rings (SSSR count). The van der Waals surface area contributed by atoms with E-state index >= 15 is 0 Å². The molecule has 0 saturated heterocycles. The molecule has 7 nitrogen and oxygen atoms in total. The zero-order chi connectivity index (χ0) is 28.3. The van der Waals surface area contributed by atoms with Crippen LogP contribution in [-0.2, 0) is 18.9 Å². The second-order valence-electron chi connectivity index (χ2n) is 8.10. The molecular formula is C29H32N2O5S4. The predicted octanol–water partition coefficient (Wildman–Crippen LogP) is 5.46. The van der Waals surface area contributed by atoms with Crippen LogP contribution in [0.1, 0.15) is 0 Å². The van der Waals surface area contributed by atoms with Gasteiger partial charge in [0.25, 0.3) is 0 Å². The van der Waals surface area contributed by atoms with E-state index in [0.717, 1.165) is 26.2 Å². The van der Waals surface area contributed by atoms with Gasteiger partial charge in [-0.25, -0.2) is 0 Å². The van der Waals surface area contributed by atoms with E-state index in [9.17, 15) is 15.3 Å². The maximum absolute atomic E-state index is 12.9. The summed E-state index contributed by atoms with van der Waals surface area (Å²) in [4.78, 5) is 16.3. The van der Waals surface area contributed by atoms with Crippen LogP contribution in [0.4, 0.5) is 0 Å². The van der Waals surface area contributed by atoms with Gasteiger partial charge in [-0.3, -0.25) is 4.79 Å². The molecule has 0 fully saturated rings. The lowest BCUT2D eigenvalue weighted by molar-refractivity contribution is 0.0605. The number of fused-ring (bicyclic) bond motifs is 3. The number of thioether (sulfide) groups is 4. The molecule has 0 N–H and O–H groups in total. The Balaban J connectivity index is 1.58. The molecule has 2 aliphatic rings. The van der Waals surface area contributed by atoms with Gasteiger partial charge in [-0.15, -0.1) is 47.0 Å². The Morgan fingerprint density at radius 1 is 0.625 bits per heavy atom. The Bertz CT molecular complexity index is 1220. The van der Waals surface area contributed by atoms with Crippen molar-refractivity contribution in [3.05, 3.63) is 79.7 Å². The van der Waals surface area contributed by atoms with Gasteiger partial charge in [-0.1, -0.05) is 18.2 Å². The second kappa shape index (κ2) is 20.0. The van der Waals surface area contributed by atoms with Gasteiger partial charge in [0.1, 0.15) is 17.7 Å². The lowest BCUT2D eigenvalue weighted by Crippen LogP contribution is -2.10. The summed E-state index contributed by atoms with van der Waals surface area (Å²) in [5.74, 6) is 2.85. The van der Waals surface area contributed by atoms with E-state index in [-0.39, 0.29) is 11.0 Å². The van der Waals surface area contributed by atoms with E-state index in [1.807, 2.05) is 54.6 Å². The number of hydrogen-bond acceptors (Lipinski definition) is 11. The van der Waals surface area contributed by atoms with E-state index in [2.05, 4.69) is 6.08 Å². The van der Waals surface area contributed by atoms with Crippen LogP contribution in [-0.4, -0.2) is 75.9 Å². The van der Waals surface area contributed by atoms with Crippen molar-refractivity contribution in [1.82, 2.24) is 0 Å². The van der Waals surface area contributed by atoms with Gasteiger partial charge in [0.05, 0.1) is 62.6 Å². The molecule has 0 aromatic heterocycles. The maximum atomic E-state index is 12.9. The molecule has 11 heteroatoms. The van der Waals surface area contributed by atoms with Crippen molar-refractivity contribution in [3.8, 4) is 12.1 Å². The van der Waals surface area contributed by atoms with Gasteiger partial charge in [-0.05, 0) is 30.4 Å². The molecule has 0 atom stereocenters. The van der Waals surface area contributed by atoms with Crippen LogP contribution < -0.4 is 5.43 Å². The molecule has 212 valence electrons. The summed E-state index contributed by atoms with van der Waals surface area (Å²) in [6.45, 7) is 4.13. The monoisotopic (exact) mass is 616 g/mol. The predicted molar refractivity (Wildman–Crippen MR) is 166 cm³/mol. The smallest absolute Gasteiger partial charge is 0.205 e. The summed E-state index contributed by atoms with van der Waals surface area (Å²) in [6, 6.07) is 11.5. The van der Waals surface area contributed by atoms with Gasteiger partial charge < -0.3 is 18.9 Å². The van der Waals surface area contributed by atoms with Crippen LogP contribution in [0.5, 0.6) is 0 Å². The minimum absolute atomic E-state index is 0.0443. The summed E-state index contributed by atoms with van der Waals surface area (Å²) in [6.07, 6.45) is 7.69. The molecule has 0 radical (unpaired) electrons. The minimum Gasteiger partial charge on any atom is -0.378 e. The topological polar surface area (TPSA) is 102 Å². The van der Waals surface area contributed by atoms with Crippen molar-refractivity contribution in [2.24, 2.45) is 0 Å². The summed E-state index contributed by atoms with van der Waals surface area (Å²) in [7, 11) is 0. The Hall–Kier alpha value is -1.93. The van der Waals surface area contributed by atoms with E-state index in [4.69, 9.17) is 18.9 Å². The quantitative estimate of drug-likeness (QED) is 0.347. The number of hydrogen-bond donors (Lipinski definition) is 0. The molecule has 1 aliphatic heterocycles. The molecule has 0 saturated carbocycles. The van der Waals surface area contributed by atoms with Gasteiger partial charge in [0.15, 0.2) is 0 Å². The van der Waals surface area contributed by atoms with Crippen LogP contribution in [0.25, 0.3) is 0 Å². The fourth-order valence-corrected chi connectivity index (χ4v) is 6.86. The molecule has 0 unspecified atom stereocenters. The van der Waals surface area contributed by atoms with Crippen LogP contribution >= 0.6 is 47.0 Å². The highest BCUT2D eigenvalue weighted by atomic mass is 32.2. The van der Waals surface area contributed by atoms with Gasteiger partial charge in [0.2, 0.25) is 5.43 Å². The van der Waals surface area contributed by atoms with E-state index in [1.54, 1.807) is 23.5 Å². The number of ether oxygens (including phenoxy) is 4. The number of allylic oxidation sites excluding steroid dienone is 6. The highest BCUT2D eigenvalue weighted by molar-refractivity contribution is 8.04. The zero-order valence-electron chi connectivity index (χ0n) is 22.2. The summed E-state index contributed by atoms with van der Waals surface area (Å²) >= 11 is 6.28. The fraction of sp³-hybridized carbons (Fsp3) is 0.414. The van der Waals surface area contributed by atoms with Crippen molar-refractivity contribution in [1.29, 1.82) is 10.5 Å². The van der Waals surface area contributed by atoms with Gasteiger partial charge in [-0.2, -0.15) is 10.5 Å². The lowest BCUT2D eigenvalue weighted by atomic mass is 10.1. The molecule has 1 aliphatic carbocycles. The summed E-state index contributed by atoms with van der Waals surface area (Å²) in [5, 5.41) is 18.7. The molecule has 1 aromatic carbocycles. The molecule has 1 heterocycles. The largest absolute Gasteiger partial charge is 0.378 e. The zero-order valence-corrected chi connectivity index (χ0v) is 25.4. The van der Waals surface area contributed by atoms with Crippen molar-refractivity contribution < 1.29 is 18.9 Å². The first-order valence-electron chi connectivity index (χ1n) is 12.8. The van der Waals surface area contributed by atoms with Gasteiger partial charge in [0, 0.05) is 38.4 Å². The average molecular weight is 617 g/mol. The summed E-state index contributed by atoms with van der Waals surface area (Å²) in [5.41, 5.74) is 0.736. The van der Waals surface area contributed by atoms with Crippen molar-refractivity contribution in [3.63, 3.8) is 0 Å². The Morgan fingerprint density at radius 2 is 1.10 bits per heavy atom. The Kier molecular flexibility index (Phi) is 16.3. The standard InChI is InChI=1S/C29H32N2O5S4/c30-21-24(22-31)23-5-6-25-20-26(19-23)38-16-12-34-8-10-36-14-18-40-28-4-2-1-3-27(29(28)32)39-17-13-35-9-7-33-11-15-37-25/h1-6,19-20H,7-18H2. The van der Waals surface area contributed by atoms with E-state index < -0.39 is 0 Å². The third-order valence-electron chi connectivity index (χ3n) is 5.28. The average Bonchev–Trinajstić information content (AvgIpc) is 3.27. The third-order valence-corrected chi connectivity index (χ3v) is 9.19. The molecular weight excluding hydrogens is 585 g/mol. The molecule has 0 amide bonds. The third kappa shape index (κ3) is 12.3. The van der Waals surface area contributed by atoms with Crippen molar-refractivity contribution in [2.45, 2.75) is 9.79 Å². The van der Waals surface area contributed by atoms with E-state index in [1.165, 1.54) is 23.5 Å². The van der Waals surface area contributed by atoms with Crippen LogP contribution in [0, 0.1) is 22.7 Å². The normalized spacial score (nSPS) is 19.2. The molecule has 1 aromatic rings. The number of nitrogens with zero attached hydrogens (tertiary/aromatic N) is 2. The van der Waals surface area contributed by atoms with Crippen LogP contribution in [0.3, 0.4) is 0 Å². The second-order valence-corrected chi connectivity index (χ2v) is 12.7. The van der Waals surface area contributed by atoms with Crippen LogP contribution in [0.2, 0.25) is 0 Å². The Morgan fingerprint density at radius 3 is 1.60 bits per heavy atom. The Labute approximate surface area is 253 Å². The molecule has 0 spiro atoms. The first-order valence-corrected chi connectivity index (χ1v) is 16.8. The molecule has 40 heavy (non-hydrogen) atoms.